The van der Waals surface area contributed by atoms with Crippen LogP contribution in [-0.2, 0) is 19.0 Å². The minimum atomic E-state index is -0.726. The van der Waals surface area contributed by atoms with E-state index in [2.05, 4.69) is 21.1 Å². The Kier molecular flexibility index (Phi) is 11.4. The van der Waals surface area contributed by atoms with Crippen LogP contribution in [0.3, 0.4) is 0 Å². The summed E-state index contributed by atoms with van der Waals surface area (Å²) < 4.78 is 15.4. The van der Waals surface area contributed by atoms with E-state index in [1.54, 1.807) is 4.90 Å². The second-order valence-electron chi connectivity index (χ2n) is 6.44. The molecule has 0 rings (SSSR count). The van der Waals surface area contributed by atoms with E-state index >= 15 is 0 Å². The number of rotatable bonds is 12. The Labute approximate surface area is 140 Å². The Morgan fingerprint density at radius 3 is 2.22 bits per heavy atom. The van der Waals surface area contributed by atoms with Gasteiger partial charge in [-0.25, -0.2) is 4.79 Å². The highest BCUT2D eigenvalue weighted by atomic mass is 16.7. The highest BCUT2D eigenvalue weighted by molar-refractivity contribution is 5.76. The largest absolute Gasteiger partial charge is 0.508 e. The second kappa shape index (κ2) is 12.1. The molecule has 7 heteroatoms. The van der Waals surface area contributed by atoms with Crippen LogP contribution in [0.15, 0.2) is 0 Å². The van der Waals surface area contributed by atoms with Gasteiger partial charge >= 0.3 is 6.16 Å². The van der Waals surface area contributed by atoms with Crippen molar-refractivity contribution in [2.75, 3.05) is 67.7 Å². The van der Waals surface area contributed by atoms with Gasteiger partial charge < -0.3 is 23.6 Å². The number of amides is 1. The molecule has 23 heavy (non-hydrogen) atoms. The van der Waals surface area contributed by atoms with Crippen LogP contribution < -0.4 is 0 Å². The maximum absolute atomic E-state index is 12.2. The van der Waals surface area contributed by atoms with Crippen LogP contribution in [0.1, 0.15) is 26.2 Å². The zero-order chi connectivity index (χ0) is 17.7. The second-order valence-corrected chi connectivity index (χ2v) is 6.44. The topological polar surface area (TPSA) is 65.1 Å². The van der Waals surface area contributed by atoms with Gasteiger partial charge in [0.2, 0.25) is 5.91 Å². The number of quaternary nitrogens is 1. The molecule has 0 saturated heterocycles. The quantitative estimate of drug-likeness (QED) is 0.308. The molecular formula is C16H33N2O5+. The average molecular weight is 333 g/mol. The molecule has 0 unspecified atom stereocenters. The number of hydrogen-bond acceptors (Lipinski definition) is 5. The molecule has 0 aliphatic heterocycles. The maximum Gasteiger partial charge on any atom is 0.508 e. The Bertz CT molecular complexity index is 342. The van der Waals surface area contributed by atoms with Gasteiger partial charge in [-0.05, 0) is 6.42 Å². The van der Waals surface area contributed by atoms with Gasteiger partial charge in [0.25, 0.3) is 0 Å². The monoisotopic (exact) mass is 333 g/mol. The summed E-state index contributed by atoms with van der Waals surface area (Å²) in [5.74, 6) is 0.108. The molecule has 0 aromatic heterocycles. The first kappa shape index (κ1) is 21.7. The molecule has 0 N–H and O–H groups in total. The smallest absolute Gasteiger partial charge is 0.432 e. The molecule has 0 atom stereocenters. The Balaban J connectivity index is 4.04. The lowest BCUT2D eigenvalue weighted by Crippen LogP contribution is -2.38. The normalized spacial score (nSPS) is 11.2. The van der Waals surface area contributed by atoms with Crippen molar-refractivity contribution in [3.05, 3.63) is 0 Å². The minimum absolute atomic E-state index is 0.108. The van der Waals surface area contributed by atoms with E-state index in [0.29, 0.717) is 26.1 Å². The highest BCUT2D eigenvalue weighted by Crippen LogP contribution is 2.03. The van der Waals surface area contributed by atoms with Crippen LogP contribution in [0.5, 0.6) is 0 Å². The van der Waals surface area contributed by atoms with Crippen LogP contribution in [0, 0.1) is 0 Å². The van der Waals surface area contributed by atoms with Crippen LogP contribution in [0.4, 0.5) is 4.79 Å². The number of ether oxygens (including phenoxy) is 3. The summed E-state index contributed by atoms with van der Waals surface area (Å²) in [6.45, 7) is 4.69. The molecular weight excluding hydrogens is 300 g/mol. The standard InChI is InChI=1S/C16H33N2O5/c1-6-9-17(15(19)8-7-11-18(2,3)4)10-12-22-16(20)23-14-13-21-5/h6-14H2,1-5H3/q+1. The summed E-state index contributed by atoms with van der Waals surface area (Å²) >= 11 is 0. The predicted molar refractivity (Wildman–Crippen MR) is 88.2 cm³/mol. The van der Waals surface area contributed by atoms with Gasteiger partial charge in [-0.3, -0.25) is 4.79 Å². The fourth-order valence-corrected chi connectivity index (χ4v) is 1.98. The van der Waals surface area contributed by atoms with Gasteiger partial charge in [0.1, 0.15) is 13.2 Å². The number of methoxy groups -OCH3 is 1. The third-order valence-corrected chi connectivity index (χ3v) is 3.15. The van der Waals surface area contributed by atoms with E-state index < -0.39 is 6.16 Å². The molecule has 0 aromatic carbocycles. The van der Waals surface area contributed by atoms with Gasteiger partial charge in [0.15, 0.2) is 0 Å². The molecule has 0 aromatic rings. The van der Waals surface area contributed by atoms with Crippen molar-refractivity contribution in [1.82, 2.24) is 4.90 Å². The summed E-state index contributed by atoms with van der Waals surface area (Å²) in [5.41, 5.74) is 0. The first-order valence-corrected chi connectivity index (χ1v) is 8.17. The molecule has 0 radical (unpaired) electrons. The van der Waals surface area contributed by atoms with E-state index in [-0.39, 0.29) is 19.1 Å². The number of carbonyl (C=O) groups is 2. The molecule has 0 aliphatic carbocycles. The molecule has 0 saturated carbocycles. The van der Waals surface area contributed by atoms with Crippen molar-refractivity contribution in [2.24, 2.45) is 0 Å². The molecule has 0 aliphatic rings. The van der Waals surface area contributed by atoms with Crippen molar-refractivity contribution >= 4 is 12.1 Å². The van der Waals surface area contributed by atoms with E-state index in [0.717, 1.165) is 23.9 Å². The fraction of sp³-hybridized carbons (Fsp3) is 0.875. The maximum atomic E-state index is 12.2. The van der Waals surface area contributed by atoms with Crippen molar-refractivity contribution in [3.8, 4) is 0 Å². The molecule has 0 spiro atoms. The first-order valence-electron chi connectivity index (χ1n) is 8.17. The zero-order valence-corrected chi connectivity index (χ0v) is 15.3. The summed E-state index contributed by atoms with van der Waals surface area (Å²) in [4.78, 5) is 25.3. The van der Waals surface area contributed by atoms with Crippen LogP contribution in [-0.4, -0.2) is 89.2 Å². The number of hydrogen-bond donors (Lipinski definition) is 0. The third kappa shape index (κ3) is 12.9. The SMILES string of the molecule is CCCN(CCOC(=O)OCCOC)C(=O)CCC[N+](C)(C)C. The summed E-state index contributed by atoms with van der Waals surface area (Å²) in [7, 11) is 7.85. The van der Waals surface area contributed by atoms with Gasteiger partial charge in [0.05, 0.1) is 40.8 Å². The summed E-state index contributed by atoms with van der Waals surface area (Å²) in [6, 6.07) is 0. The van der Waals surface area contributed by atoms with Crippen LogP contribution >= 0.6 is 0 Å². The van der Waals surface area contributed by atoms with Crippen molar-refractivity contribution in [3.63, 3.8) is 0 Å². The number of carbonyl (C=O) groups excluding carboxylic acids is 2. The molecule has 0 bridgehead atoms. The Morgan fingerprint density at radius 1 is 1.00 bits per heavy atom. The first-order chi connectivity index (χ1) is 10.8. The van der Waals surface area contributed by atoms with Crippen LogP contribution in [0.25, 0.3) is 0 Å². The summed E-state index contributed by atoms with van der Waals surface area (Å²) in [6.07, 6.45) is 1.52. The van der Waals surface area contributed by atoms with E-state index in [1.165, 1.54) is 7.11 Å². The van der Waals surface area contributed by atoms with E-state index in [9.17, 15) is 9.59 Å². The van der Waals surface area contributed by atoms with Crippen molar-refractivity contribution in [2.45, 2.75) is 26.2 Å². The van der Waals surface area contributed by atoms with Gasteiger partial charge in [-0.2, -0.15) is 0 Å². The van der Waals surface area contributed by atoms with Crippen molar-refractivity contribution in [1.29, 1.82) is 0 Å². The van der Waals surface area contributed by atoms with Gasteiger partial charge in [-0.1, -0.05) is 6.92 Å². The highest BCUT2D eigenvalue weighted by Gasteiger charge is 2.15. The van der Waals surface area contributed by atoms with Gasteiger partial charge in [-0.15, -0.1) is 0 Å². The predicted octanol–water partition coefficient (Wildman–Crippen LogP) is 1.51. The zero-order valence-electron chi connectivity index (χ0n) is 15.3. The molecule has 0 fully saturated rings. The van der Waals surface area contributed by atoms with E-state index in [4.69, 9.17) is 14.2 Å². The minimum Gasteiger partial charge on any atom is -0.432 e. The lowest BCUT2D eigenvalue weighted by molar-refractivity contribution is -0.870. The molecule has 1 amide bonds. The lowest BCUT2D eigenvalue weighted by Gasteiger charge is -2.25. The van der Waals surface area contributed by atoms with Crippen molar-refractivity contribution < 1.29 is 28.3 Å². The third-order valence-electron chi connectivity index (χ3n) is 3.15. The molecule has 136 valence electrons. The Morgan fingerprint density at radius 2 is 1.65 bits per heavy atom. The fourth-order valence-electron chi connectivity index (χ4n) is 1.98. The van der Waals surface area contributed by atoms with Crippen LogP contribution in [0.2, 0.25) is 0 Å². The molecule has 0 heterocycles. The summed E-state index contributed by atoms with van der Waals surface area (Å²) in [5, 5.41) is 0. The average Bonchev–Trinajstić information content (AvgIpc) is 2.45. The molecule has 7 nitrogen and oxygen atoms in total. The number of nitrogens with zero attached hydrogens (tertiary/aromatic N) is 2. The van der Waals surface area contributed by atoms with E-state index in [1.807, 2.05) is 6.92 Å². The van der Waals surface area contributed by atoms with Gasteiger partial charge in [0, 0.05) is 26.5 Å². The Hall–Kier alpha value is -1.34. The lowest BCUT2D eigenvalue weighted by atomic mass is 10.2.